The van der Waals surface area contributed by atoms with E-state index in [9.17, 15) is 0 Å². The van der Waals surface area contributed by atoms with E-state index >= 15 is 0 Å². The second-order valence-electron chi connectivity index (χ2n) is 8.21. The van der Waals surface area contributed by atoms with Crippen LogP contribution in [0.5, 0.6) is 0 Å². The minimum Gasteiger partial charge on any atom is -0.316 e. The van der Waals surface area contributed by atoms with Gasteiger partial charge in [0.25, 0.3) is 0 Å². The van der Waals surface area contributed by atoms with Crippen molar-refractivity contribution in [1.29, 1.82) is 0 Å². The zero-order valence-electron chi connectivity index (χ0n) is 14.2. The van der Waals surface area contributed by atoms with Crippen molar-refractivity contribution in [2.75, 3.05) is 33.2 Å². The standard InChI is InChI=1S/C17H36N2/c1-7-18-12-17(10-8-9-15(2)11-17)14-19(6)13-16(3,4)5/h15,18H,7-14H2,1-6H3. The summed E-state index contributed by atoms with van der Waals surface area (Å²) in [6.07, 6.45) is 5.64. The number of rotatable bonds is 6. The molecule has 0 aromatic rings. The Balaban J connectivity index is 2.63. The molecule has 2 atom stereocenters. The first-order valence-corrected chi connectivity index (χ1v) is 8.16. The van der Waals surface area contributed by atoms with Crippen LogP contribution in [0.15, 0.2) is 0 Å². The van der Waals surface area contributed by atoms with Crippen molar-refractivity contribution in [3.05, 3.63) is 0 Å². The summed E-state index contributed by atoms with van der Waals surface area (Å²) in [6, 6.07) is 0. The van der Waals surface area contributed by atoms with Gasteiger partial charge in [0, 0.05) is 19.6 Å². The highest BCUT2D eigenvalue weighted by Gasteiger charge is 2.35. The summed E-state index contributed by atoms with van der Waals surface area (Å²) in [5.74, 6) is 0.899. The molecule has 0 amide bonds. The Morgan fingerprint density at radius 2 is 2.00 bits per heavy atom. The molecule has 2 heteroatoms. The van der Waals surface area contributed by atoms with Gasteiger partial charge in [-0.3, -0.25) is 0 Å². The molecule has 1 aliphatic rings. The van der Waals surface area contributed by atoms with E-state index in [1.54, 1.807) is 0 Å². The number of nitrogens with one attached hydrogen (secondary N) is 1. The Hall–Kier alpha value is -0.0800. The van der Waals surface area contributed by atoms with Crippen molar-refractivity contribution in [3.63, 3.8) is 0 Å². The Morgan fingerprint density at radius 1 is 1.32 bits per heavy atom. The van der Waals surface area contributed by atoms with Gasteiger partial charge in [-0.2, -0.15) is 0 Å². The van der Waals surface area contributed by atoms with Crippen LogP contribution in [-0.4, -0.2) is 38.1 Å². The molecule has 1 rings (SSSR count). The first kappa shape index (κ1) is 17.0. The molecule has 0 aromatic heterocycles. The second-order valence-corrected chi connectivity index (χ2v) is 8.21. The molecular weight excluding hydrogens is 232 g/mol. The smallest absolute Gasteiger partial charge is 0.00474 e. The van der Waals surface area contributed by atoms with Gasteiger partial charge in [-0.1, -0.05) is 47.5 Å². The number of hydrogen-bond acceptors (Lipinski definition) is 2. The number of nitrogens with zero attached hydrogens (tertiary/aromatic N) is 1. The van der Waals surface area contributed by atoms with Gasteiger partial charge in [-0.05, 0) is 43.2 Å². The van der Waals surface area contributed by atoms with E-state index in [2.05, 4.69) is 51.9 Å². The average molecular weight is 268 g/mol. The summed E-state index contributed by atoms with van der Waals surface area (Å²) in [7, 11) is 2.30. The highest BCUT2D eigenvalue weighted by molar-refractivity contribution is 4.90. The predicted octanol–water partition coefficient (Wildman–Crippen LogP) is 3.77. The van der Waals surface area contributed by atoms with Gasteiger partial charge < -0.3 is 10.2 Å². The van der Waals surface area contributed by atoms with E-state index in [0.29, 0.717) is 10.8 Å². The molecular formula is C17H36N2. The molecule has 2 unspecified atom stereocenters. The third-order valence-corrected chi connectivity index (χ3v) is 4.29. The molecule has 0 heterocycles. The largest absolute Gasteiger partial charge is 0.316 e. The molecule has 0 saturated heterocycles. The van der Waals surface area contributed by atoms with E-state index < -0.39 is 0 Å². The first-order chi connectivity index (χ1) is 8.76. The lowest BCUT2D eigenvalue weighted by molar-refractivity contribution is 0.0776. The highest BCUT2D eigenvalue weighted by Crippen LogP contribution is 2.39. The lowest BCUT2D eigenvalue weighted by Crippen LogP contribution is -2.47. The lowest BCUT2D eigenvalue weighted by Gasteiger charge is -2.44. The fourth-order valence-electron chi connectivity index (χ4n) is 3.96. The van der Waals surface area contributed by atoms with Gasteiger partial charge in [0.2, 0.25) is 0 Å². The molecule has 1 aliphatic carbocycles. The Labute approximate surface area is 121 Å². The Kier molecular flexibility index (Phi) is 6.32. The van der Waals surface area contributed by atoms with Crippen LogP contribution < -0.4 is 5.32 Å². The molecule has 0 aliphatic heterocycles. The van der Waals surface area contributed by atoms with Crippen LogP contribution >= 0.6 is 0 Å². The quantitative estimate of drug-likeness (QED) is 0.789. The molecule has 19 heavy (non-hydrogen) atoms. The molecule has 0 bridgehead atoms. The van der Waals surface area contributed by atoms with Crippen molar-refractivity contribution in [2.45, 2.75) is 60.3 Å². The van der Waals surface area contributed by atoms with Crippen LogP contribution in [0.25, 0.3) is 0 Å². The molecule has 0 aromatic carbocycles. The van der Waals surface area contributed by atoms with Gasteiger partial charge in [-0.25, -0.2) is 0 Å². The van der Waals surface area contributed by atoms with E-state index in [-0.39, 0.29) is 0 Å². The van der Waals surface area contributed by atoms with Crippen LogP contribution in [0, 0.1) is 16.7 Å². The maximum absolute atomic E-state index is 3.62. The van der Waals surface area contributed by atoms with Gasteiger partial charge >= 0.3 is 0 Å². The van der Waals surface area contributed by atoms with Crippen LogP contribution in [-0.2, 0) is 0 Å². The minimum absolute atomic E-state index is 0.397. The van der Waals surface area contributed by atoms with Gasteiger partial charge in [0.05, 0.1) is 0 Å². The molecule has 2 nitrogen and oxygen atoms in total. The maximum Gasteiger partial charge on any atom is 0.00474 e. The lowest BCUT2D eigenvalue weighted by atomic mass is 9.69. The third-order valence-electron chi connectivity index (χ3n) is 4.29. The fraction of sp³-hybridized carbons (Fsp3) is 1.00. The van der Waals surface area contributed by atoms with Gasteiger partial charge in [-0.15, -0.1) is 0 Å². The fourth-order valence-corrected chi connectivity index (χ4v) is 3.96. The van der Waals surface area contributed by atoms with Gasteiger partial charge in [0.15, 0.2) is 0 Å². The number of hydrogen-bond donors (Lipinski definition) is 1. The van der Waals surface area contributed by atoms with Crippen molar-refractivity contribution in [3.8, 4) is 0 Å². The predicted molar refractivity (Wildman–Crippen MR) is 85.6 cm³/mol. The van der Waals surface area contributed by atoms with Crippen LogP contribution in [0.1, 0.15) is 60.3 Å². The molecule has 1 N–H and O–H groups in total. The monoisotopic (exact) mass is 268 g/mol. The summed E-state index contributed by atoms with van der Waals surface area (Å²) < 4.78 is 0. The van der Waals surface area contributed by atoms with E-state index in [1.165, 1.54) is 45.3 Å². The van der Waals surface area contributed by atoms with Crippen molar-refractivity contribution >= 4 is 0 Å². The Bertz CT molecular complexity index is 256. The molecule has 114 valence electrons. The zero-order chi connectivity index (χ0) is 14.5. The molecule has 0 spiro atoms. The summed E-state index contributed by atoms with van der Waals surface area (Å²) >= 11 is 0. The molecule has 1 saturated carbocycles. The van der Waals surface area contributed by atoms with E-state index in [1.807, 2.05) is 0 Å². The second kappa shape index (κ2) is 7.08. The van der Waals surface area contributed by atoms with E-state index in [0.717, 1.165) is 12.5 Å². The van der Waals surface area contributed by atoms with Crippen molar-refractivity contribution < 1.29 is 0 Å². The summed E-state index contributed by atoms with van der Waals surface area (Å²) in [5.41, 5.74) is 0.905. The average Bonchev–Trinajstić information content (AvgIpc) is 2.23. The molecule has 1 fully saturated rings. The van der Waals surface area contributed by atoms with Gasteiger partial charge in [0.1, 0.15) is 0 Å². The molecule has 0 radical (unpaired) electrons. The SMILES string of the molecule is CCNCC1(CN(C)CC(C)(C)C)CCCC(C)C1. The normalized spacial score (nSPS) is 28.9. The topological polar surface area (TPSA) is 15.3 Å². The first-order valence-electron chi connectivity index (χ1n) is 8.16. The Morgan fingerprint density at radius 3 is 2.53 bits per heavy atom. The maximum atomic E-state index is 3.62. The van der Waals surface area contributed by atoms with Crippen molar-refractivity contribution in [2.24, 2.45) is 16.7 Å². The zero-order valence-corrected chi connectivity index (χ0v) is 14.2. The summed E-state index contributed by atoms with van der Waals surface area (Å²) in [4.78, 5) is 2.56. The van der Waals surface area contributed by atoms with Crippen molar-refractivity contribution in [1.82, 2.24) is 10.2 Å². The third kappa shape index (κ3) is 6.27. The minimum atomic E-state index is 0.397. The summed E-state index contributed by atoms with van der Waals surface area (Å²) in [6.45, 7) is 16.4. The van der Waals surface area contributed by atoms with Crippen LogP contribution in [0.2, 0.25) is 0 Å². The summed E-state index contributed by atoms with van der Waals surface area (Å²) in [5, 5.41) is 3.62. The van der Waals surface area contributed by atoms with Crippen LogP contribution in [0.4, 0.5) is 0 Å². The van der Waals surface area contributed by atoms with Crippen LogP contribution in [0.3, 0.4) is 0 Å². The highest BCUT2D eigenvalue weighted by atomic mass is 15.1. The van der Waals surface area contributed by atoms with E-state index in [4.69, 9.17) is 0 Å².